The third kappa shape index (κ3) is 2.98. The molecule has 0 radical (unpaired) electrons. The van der Waals surface area contributed by atoms with Crippen LogP contribution in [0.15, 0.2) is 64.0 Å². The number of carbonyl (C=O) groups is 1. The predicted molar refractivity (Wildman–Crippen MR) is 76.1 cm³/mol. The molecule has 4 nitrogen and oxygen atoms in total. The van der Waals surface area contributed by atoms with Gasteiger partial charge < -0.3 is 9.73 Å². The maximum absolute atomic E-state index is 12.1. The second kappa shape index (κ2) is 5.82. The van der Waals surface area contributed by atoms with Gasteiger partial charge in [0.05, 0.1) is 6.26 Å². The minimum atomic E-state index is -0.176. The van der Waals surface area contributed by atoms with E-state index in [1.807, 2.05) is 13.0 Å². The summed E-state index contributed by atoms with van der Waals surface area (Å²) < 4.78 is 5.23. The predicted octanol–water partition coefficient (Wildman–Crippen LogP) is 3.28. The van der Waals surface area contributed by atoms with Gasteiger partial charge in [0.15, 0.2) is 0 Å². The summed E-state index contributed by atoms with van der Waals surface area (Å²) in [6.45, 7) is 5.18. The molecule has 19 heavy (non-hydrogen) atoms. The van der Waals surface area contributed by atoms with Crippen LogP contribution in [0.5, 0.6) is 0 Å². The smallest absolute Gasteiger partial charge is 0.255 e. The van der Waals surface area contributed by atoms with E-state index in [0.717, 1.165) is 11.0 Å². The Hall–Kier alpha value is -2.62. The van der Waals surface area contributed by atoms with Crippen LogP contribution in [-0.4, -0.2) is 12.6 Å². The lowest BCUT2D eigenvalue weighted by molar-refractivity contribution is 0.0967. The number of furan rings is 1. The summed E-state index contributed by atoms with van der Waals surface area (Å²) in [7, 11) is 0. The van der Waals surface area contributed by atoms with Gasteiger partial charge in [-0.3, -0.25) is 9.79 Å². The lowest BCUT2D eigenvalue weighted by Gasteiger charge is -2.05. The van der Waals surface area contributed by atoms with Gasteiger partial charge in [0.2, 0.25) is 0 Å². The Morgan fingerprint density at radius 1 is 1.42 bits per heavy atom. The molecule has 0 spiro atoms. The van der Waals surface area contributed by atoms with Crippen LogP contribution in [0, 0.1) is 0 Å². The fourth-order valence-electron chi connectivity index (χ4n) is 1.65. The number of fused-ring (bicyclic) bond motifs is 1. The summed E-state index contributed by atoms with van der Waals surface area (Å²) in [4.78, 5) is 15.7. The highest BCUT2D eigenvalue weighted by Gasteiger charge is 2.07. The minimum absolute atomic E-state index is 0.176. The molecule has 96 valence electrons. The molecule has 0 saturated carbocycles. The summed E-state index contributed by atoms with van der Waals surface area (Å²) in [5.74, 6) is -0.176. The molecule has 0 atom stereocenters. The number of nitrogens with zero attached hydrogens (tertiary/aromatic N) is 1. The number of carbonyl (C=O) groups excluding carboxylic acids is 1. The molecule has 0 fully saturated rings. The lowest BCUT2D eigenvalue weighted by atomic mass is 10.1. The van der Waals surface area contributed by atoms with Gasteiger partial charge in [-0.05, 0) is 44.0 Å². The largest absolute Gasteiger partial charge is 0.464 e. The van der Waals surface area contributed by atoms with E-state index in [1.165, 1.54) is 6.20 Å². The van der Waals surface area contributed by atoms with Crippen molar-refractivity contribution in [3.8, 4) is 0 Å². The van der Waals surface area contributed by atoms with E-state index in [-0.39, 0.29) is 5.91 Å². The Morgan fingerprint density at radius 2 is 2.26 bits per heavy atom. The molecule has 0 unspecified atom stereocenters. The van der Waals surface area contributed by atoms with E-state index in [4.69, 9.17) is 4.42 Å². The summed E-state index contributed by atoms with van der Waals surface area (Å²) >= 11 is 0. The second-order valence-electron chi connectivity index (χ2n) is 3.87. The molecule has 0 aliphatic rings. The summed E-state index contributed by atoms with van der Waals surface area (Å²) in [5.41, 5.74) is 2.01. The van der Waals surface area contributed by atoms with Crippen molar-refractivity contribution in [3.63, 3.8) is 0 Å². The highest BCUT2D eigenvalue weighted by molar-refractivity contribution is 5.98. The van der Waals surface area contributed by atoms with Crippen molar-refractivity contribution in [1.29, 1.82) is 0 Å². The van der Waals surface area contributed by atoms with Crippen molar-refractivity contribution >= 4 is 23.6 Å². The number of rotatable bonds is 4. The monoisotopic (exact) mass is 254 g/mol. The number of benzene rings is 1. The summed E-state index contributed by atoms with van der Waals surface area (Å²) in [5, 5.41) is 3.69. The van der Waals surface area contributed by atoms with Gasteiger partial charge in [-0.15, -0.1) is 0 Å². The zero-order valence-corrected chi connectivity index (χ0v) is 10.6. The highest BCUT2D eigenvalue weighted by Crippen LogP contribution is 2.17. The van der Waals surface area contributed by atoms with Crippen molar-refractivity contribution in [2.75, 3.05) is 0 Å². The molecule has 0 aliphatic heterocycles. The Kier molecular flexibility index (Phi) is 3.93. The molecule has 2 aromatic rings. The van der Waals surface area contributed by atoms with Crippen molar-refractivity contribution in [2.45, 2.75) is 6.92 Å². The van der Waals surface area contributed by atoms with E-state index in [9.17, 15) is 4.79 Å². The van der Waals surface area contributed by atoms with Gasteiger partial charge in [0.1, 0.15) is 5.58 Å². The molecule has 1 aromatic carbocycles. The van der Waals surface area contributed by atoms with Crippen molar-refractivity contribution < 1.29 is 9.21 Å². The third-order valence-electron chi connectivity index (χ3n) is 2.64. The molecular weight excluding hydrogens is 240 g/mol. The number of nitrogens with one attached hydrogen (secondary N) is 1. The molecule has 1 N–H and O–H groups in total. The lowest BCUT2D eigenvalue weighted by Crippen LogP contribution is -2.21. The van der Waals surface area contributed by atoms with Crippen LogP contribution in [0.3, 0.4) is 0 Å². The molecule has 1 aromatic heterocycles. The van der Waals surface area contributed by atoms with E-state index < -0.39 is 0 Å². The Labute approximate surface area is 111 Å². The molecule has 1 heterocycles. The Morgan fingerprint density at radius 3 is 3.00 bits per heavy atom. The highest BCUT2D eigenvalue weighted by atomic mass is 16.3. The number of allylic oxidation sites excluding steroid dienone is 2. The molecule has 4 heteroatoms. The molecule has 0 bridgehead atoms. The first-order valence-corrected chi connectivity index (χ1v) is 5.82. The van der Waals surface area contributed by atoms with Crippen LogP contribution in [0.25, 0.3) is 11.0 Å². The van der Waals surface area contributed by atoms with Gasteiger partial charge >= 0.3 is 0 Å². The Balaban J connectivity index is 2.19. The first kappa shape index (κ1) is 12.8. The van der Waals surface area contributed by atoms with Gasteiger partial charge in [-0.2, -0.15) is 0 Å². The first-order chi connectivity index (χ1) is 9.24. The van der Waals surface area contributed by atoms with E-state index in [1.54, 1.807) is 36.6 Å². The standard InChI is InChI=1S/C15H14N2O2/c1-3-13(6-8-16-2)17-15(18)12-4-5-14-11(10-12)7-9-19-14/h3-10H,2H2,1H3,(H,17,18). The summed E-state index contributed by atoms with van der Waals surface area (Å²) in [6.07, 6.45) is 6.59. The van der Waals surface area contributed by atoms with Crippen LogP contribution >= 0.6 is 0 Å². The molecule has 0 aliphatic carbocycles. The van der Waals surface area contributed by atoms with E-state index >= 15 is 0 Å². The number of aliphatic imine (C=N–C) groups is 1. The zero-order chi connectivity index (χ0) is 13.7. The fourth-order valence-corrected chi connectivity index (χ4v) is 1.65. The maximum Gasteiger partial charge on any atom is 0.255 e. The quantitative estimate of drug-likeness (QED) is 0.672. The van der Waals surface area contributed by atoms with Crippen LogP contribution in [0.2, 0.25) is 0 Å². The minimum Gasteiger partial charge on any atom is -0.464 e. The SMILES string of the molecule is C=NC=CC(=CC)NC(=O)c1ccc2occc2c1. The van der Waals surface area contributed by atoms with Crippen LogP contribution in [0.1, 0.15) is 17.3 Å². The number of hydrogen-bond acceptors (Lipinski definition) is 3. The zero-order valence-electron chi connectivity index (χ0n) is 10.6. The third-order valence-corrected chi connectivity index (χ3v) is 2.64. The van der Waals surface area contributed by atoms with Crippen LogP contribution in [0.4, 0.5) is 0 Å². The van der Waals surface area contributed by atoms with Crippen molar-refractivity contribution in [3.05, 3.63) is 60.1 Å². The van der Waals surface area contributed by atoms with Crippen molar-refractivity contribution in [2.24, 2.45) is 4.99 Å². The molecular formula is C15H14N2O2. The first-order valence-electron chi connectivity index (χ1n) is 5.82. The maximum atomic E-state index is 12.1. The van der Waals surface area contributed by atoms with E-state index in [0.29, 0.717) is 11.3 Å². The summed E-state index contributed by atoms with van der Waals surface area (Å²) in [6, 6.07) is 7.12. The van der Waals surface area contributed by atoms with Crippen molar-refractivity contribution in [1.82, 2.24) is 5.32 Å². The van der Waals surface area contributed by atoms with Gasteiger partial charge in [-0.1, -0.05) is 6.08 Å². The number of amides is 1. The van der Waals surface area contributed by atoms with Crippen LogP contribution < -0.4 is 5.32 Å². The second-order valence-corrected chi connectivity index (χ2v) is 3.87. The normalized spacial score (nSPS) is 11.9. The Bertz CT molecular complexity index is 666. The van der Waals surface area contributed by atoms with Gasteiger partial charge in [-0.25, -0.2) is 0 Å². The molecule has 1 amide bonds. The molecule has 2 rings (SSSR count). The molecule has 0 saturated heterocycles. The van der Waals surface area contributed by atoms with E-state index in [2.05, 4.69) is 17.0 Å². The average molecular weight is 254 g/mol. The fraction of sp³-hybridized carbons (Fsp3) is 0.0667. The van der Waals surface area contributed by atoms with Gasteiger partial charge in [0.25, 0.3) is 5.91 Å². The van der Waals surface area contributed by atoms with Gasteiger partial charge in [0, 0.05) is 22.8 Å². The average Bonchev–Trinajstić information content (AvgIpc) is 2.90. The number of hydrogen-bond donors (Lipinski definition) is 1. The topological polar surface area (TPSA) is 54.6 Å². The van der Waals surface area contributed by atoms with Crippen LogP contribution in [-0.2, 0) is 0 Å².